The number of benzene rings is 1. The summed E-state index contributed by atoms with van der Waals surface area (Å²) in [6.45, 7) is 1.53. The zero-order valence-electron chi connectivity index (χ0n) is 11.2. The fourth-order valence-electron chi connectivity index (χ4n) is 2.38. The van der Waals surface area contributed by atoms with Gasteiger partial charge in [0.1, 0.15) is 23.8 Å². The molecule has 3 rings (SSSR count). The Hall–Kier alpha value is -2.08. The van der Waals surface area contributed by atoms with E-state index in [-0.39, 0.29) is 6.04 Å². The number of rotatable bonds is 1. The summed E-state index contributed by atoms with van der Waals surface area (Å²) in [6.07, 6.45) is 0.515. The SMILES string of the molecule is COC(=O)C1=NN2c3ccccc3OCCOCC2C1. The highest BCUT2D eigenvalue weighted by Gasteiger charge is 2.33. The lowest BCUT2D eigenvalue weighted by atomic mass is 10.1. The molecule has 2 aliphatic rings. The van der Waals surface area contributed by atoms with Crippen LogP contribution in [-0.2, 0) is 14.3 Å². The zero-order chi connectivity index (χ0) is 13.9. The molecule has 0 radical (unpaired) electrons. The summed E-state index contributed by atoms with van der Waals surface area (Å²) in [6, 6.07) is 7.64. The molecule has 6 nitrogen and oxygen atoms in total. The number of ether oxygens (including phenoxy) is 3. The Balaban J connectivity index is 1.98. The molecule has 0 aliphatic carbocycles. The number of fused-ring (bicyclic) bond motifs is 3. The zero-order valence-corrected chi connectivity index (χ0v) is 11.2. The molecule has 0 saturated carbocycles. The molecule has 0 fully saturated rings. The maximum Gasteiger partial charge on any atom is 0.354 e. The maximum absolute atomic E-state index is 11.7. The Morgan fingerprint density at radius 2 is 2.25 bits per heavy atom. The number of hydrogen-bond donors (Lipinski definition) is 0. The van der Waals surface area contributed by atoms with Crippen LogP contribution in [0.4, 0.5) is 5.69 Å². The third kappa shape index (κ3) is 2.34. The molecule has 0 saturated heterocycles. The van der Waals surface area contributed by atoms with Crippen LogP contribution in [0.3, 0.4) is 0 Å². The van der Waals surface area contributed by atoms with E-state index in [0.717, 1.165) is 11.4 Å². The predicted molar refractivity (Wildman–Crippen MR) is 73.1 cm³/mol. The van der Waals surface area contributed by atoms with Crippen LogP contribution < -0.4 is 9.75 Å². The number of esters is 1. The molecule has 20 heavy (non-hydrogen) atoms. The summed E-state index contributed by atoms with van der Waals surface area (Å²) in [4.78, 5) is 11.7. The summed E-state index contributed by atoms with van der Waals surface area (Å²) >= 11 is 0. The van der Waals surface area contributed by atoms with E-state index in [1.807, 2.05) is 24.3 Å². The second kappa shape index (κ2) is 5.50. The first-order valence-electron chi connectivity index (χ1n) is 6.54. The number of carbonyl (C=O) groups excluding carboxylic acids is 1. The van der Waals surface area contributed by atoms with Crippen molar-refractivity contribution >= 4 is 17.4 Å². The Bertz CT molecular complexity index is 544. The molecule has 106 valence electrons. The van der Waals surface area contributed by atoms with E-state index in [2.05, 4.69) is 5.10 Å². The Morgan fingerprint density at radius 1 is 1.40 bits per heavy atom. The minimum Gasteiger partial charge on any atom is -0.489 e. The summed E-state index contributed by atoms with van der Waals surface area (Å²) in [5, 5.41) is 6.18. The van der Waals surface area contributed by atoms with Crippen LogP contribution in [0.1, 0.15) is 6.42 Å². The largest absolute Gasteiger partial charge is 0.489 e. The van der Waals surface area contributed by atoms with E-state index >= 15 is 0 Å². The number of methoxy groups -OCH3 is 1. The van der Waals surface area contributed by atoms with Gasteiger partial charge in [-0.15, -0.1) is 0 Å². The van der Waals surface area contributed by atoms with Gasteiger partial charge in [0, 0.05) is 6.42 Å². The van der Waals surface area contributed by atoms with Crippen LogP contribution in [0.25, 0.3) is 0 Å². The van der Waals surface area contributed by atoms with Crippen LogP contribution in [0.5, 0.6) is 5.75 Å². The normalized spacial score (nSPS) is 21.6. The first-order chi connectivity index (χ1) is 9.79. The standard InChI is InChI=1S/C14H16N2O4/c1-18-14(17)11-8-10-9-19-6-7-20-13-5-3-2-4-12(13)16(10)15-11/h2-5,10H,6-9H2,1H3. The van der Waals surface area contributed by atoms with Gasteiger partial charge in [0.25, 0.3) is 0 Å². The van der Waals surface area contributed by atoms with Crippen LogP contribution in [0.15, 0.2) is 29.4 Å². The topological polar surface area (TPSA) is 60.4 Å². The van der Waals surface area contributed by atoms with E-state index < -0.39 is 5.97 Å². The molecule has 1 atom stereocenters. The van der Waals surface area contributed by atoms with Crippen molar-refractivity contribution < 1.29 is 19.0 Å². The Kier molecular flexibility index (Phi) is 3.56. The number of carbonyl (C=O) groups is 1. The van der Waals surface area contributed by atoms with Gasteiger partial charge in [-0.25, -0.2) is 4.79 Å². The minimum atomic E-state index is -0.395. The van der Waals surface area contributed by atoms with Gasteiger partial charge in [-0.3, -0.25) is 5.01 Å². The van der Waals surface area contributed by atoms with Crippen molar-refractivity contribution in [3.63, 3.8) is 0 Å². The van der Waals surface area contributed by atoms with Gasteiger partial charge >= 0.3 is 5.97 Å². The van der Waals surface area contributed by atoms with Crippen molar-refractivity contribution in [1.29, 1.82) is 0 Å². The van der Waals surface area contributed by atoms with Crippen molar-refractivity contribution in [2.45, 2.75) is 12.5 Å². The number of hydrogen-bond acceptors (Lipinski definition) is 6. The summed E-state index contributed by atoms with van der Waals surface area (Å²) < 4.78 is 16.0. The third-order valence-electron chi connectivity index (χ3n) is 3.33. The lowest BCUT2D eigenvalue weighted by Crippen LogP contribution is -2.31. The van der Waals surface area contributed by atoms with Crippen LogP contribution >= 0.6 is 0 Å². The van der Waals surface area contributed by atoms with Crippen molar-refractivity contribution in [2.24, 2.45) is 5.10 Å². The third-order valence-corrected chi connectivity index (χ3v) is 3.33. The fraction of sp³-hybridized carbons (Fsp3) is 0.429. The van der Waals surface area contributed by atoms with Gasteiger partial charge in [0.15, 0.2) is 0 Å². The monoisotopic (exact) mass is 276 g/mol. The molecule has 2 heterocycles. The molecule has 0 N–H and O–H groups in total. The quantitative estimate of drug-likeness (QED) is 0.721. The first-order valence-corrected chi connectivity index (χ1v) is 6.54. The van der Waals surface area contributed by atoms with Gasteiger partial charge in [-0.05, 0) is 12.1 Å². The molecule has 0 spiro atoms. The van der Waals surface area contributed by atoms with E-state index in [0.29, 0.717) is 32.0 Å². The number of para-hydroxylation sites is 2. The van der Waals surface area contributed by atoms with E-state index in [4.69, 9.17) is 14.2 Å². The molecule has 1 aromatic rings. The lowest BCUT2D eigenvalue weighted by molar-refractivity contribution is -0.132. The Morgan fingerprint density at radius 3 is 3.10 bits per heavy atom. The lowest BCUT2D eigenvalue weighted by Gasteiger charge is -2.23. The summed E-state index contributed by atoms with van der Waals surface area (Å²) in [7, 11) is 1.36. The average molecular weight is 276 g/mol. The highest BCUT2D eigenvalue weighted by atomic mass is 16.5. The molecule has 2 aliphatic heterocycles. The molecule has 0 amide bonds. The smallest absolute Gasteiger partial charge is 0.354 e. The van der Waals surface area contributed by atoms with E-state index in [1.54, 1.807) is 5.01 Å². The van der Waals surface area contributed by atoms with Crippen molar-refractivity contribution in [2.75, 3.05) is 31.9 Å². The van der Waals surface area contributed by atoms with E-state index in [1.165, 1.54) is 7.11 Å². The second-order valence-electron chi connectivity index (χ2n) is 4.63. The fourth-order valence-corrected chi connectivity index (χ4v) is 2.38. The van der Waals surface area contributed by atoms with Gasteiger partial charge in [-0.1, -0.05) is 12.1 Å². The Labute approximate surface area is 116 Å². The predicted octanol–water partition coefficient (Wildman–Crippen LogP) is 1.20. The molecule has 6 heteroatoms. The average Bonchev–Trinajstić information content (AvgIpc) is 2.91. The number of hydrazone groups is 1. The summed E-state index contributed by atoms with van der Waals surface area (Å²) in [5.41, 5.74) is 1.26. The van der Waals surface area contributed by atoms with Gasteiger partial charge < -0.3 is 14.2 Å². The van der Waals surface area contributed by atoms with Gasteiger partial charge in [0.05, 0.1) is 26.4 Å². The minimum absolute atomic E-state index is 0.00745. The highest BCUT2D eigenvalue weighted by Crippen LogP contribution is 2.34. The van der Waals surface area contributed by atoms with Crippen LogP contribution in [0.2, 0.25) is 0 Å². The van der Waals surface area contributed by atoms with Crippen LogP contribution in [-0.4, -0.2) is 44.7 Å². The van der Waals surface area contributed by atoms with Crippen LogP contribution in [0, 0.1) is 0 Å². The molecule has 0 aromatic heterocycles. The molecule has 0 bridgehead atoms. The second-order valence-corrected chi connectivity index (χ2v) is 4.63. The summed E-state index contributed by atoms with van der Waals surface area (Å²) in [5.74, 6) is 0.353. The van der Waals surface area contributed by atoms with Gasteiger partial charge in [-0.2, -0.15) is 5.10 Å². The van der Waals surface area contributed by atoms with E-state index in [9.17, 15) is 4.79 Å². The molecular formula is C14H16N2O4. The number of nitrogens with zero attached hydrogens (tertiary/aromatic N) is 2. The highest BCUT2D eigenvalue weighted by molar-refractivity contribution is 6.37. The van der Waals surface area contributed by atoms with Gasteiger partial charge in [0.2, 0.25) is 0 Å². The van der Waals surface area contributed by atoms with Crippen molar-refractivity contribution in [3.05, 3.63) is 24.3 Å². The maximum atomic E-state index is 11.7. The first kappa shape index (κ1) is 12.9. The molecule has 1 unspecified atom stereocenters. The number of anilines is 1. The molecular weight excluding hydrogens is 260 g/mol. The van der Waals surface area contributed by atoms with Crippen molar-refractivity contribution in [1.82, 2.24) is 0 Å². The molecule has 1 aromatic carbocycles. The van der Waals surface area contributed by atoms with Crippen molar-refractivity contribution in [3.8, 4) is 5.75 Å².